The topological polar surface area (TPSA) is 79.5 Å². The molecule has 0 unspecified atom stereocenters. The summed E-state index contributed by atoms with van der Waals surface area (Å²) in [6.07, 6.45) is 3.94. The number of likely N-dealkylation sites (tertiary alicyclic amines) is 2. The van der Waals surface area contributed by atoms with E-state index in [1.165, 1.54) is 6.20 Å². The van der Waals surface area contributed by atoms with Crippen molar-refractivity contribution in [2.45, 2.75) is 30.7 Å². The Labute approximate surface area is 159 Å². The minimum atomic E-state index is -0.159. The molecule has 27 heavy (non-hydrogen) atoms. The molecule has 2 aromatic rings. The second kappa shape index (κ2) is 6.68. The molecule has 1 atom stereocenters. The predicted molar refractivity (Wildman–Crippen MR) is 103 cm³/mol. The number of hydrogen-bond acceptors (Lipinski definition) is 4. The summed E-state index contributed by atoms with van der Waals surface area (Å²) >= 11 is 0. The minimum Gasteiger partial charge on any atom is -0.384 e. The number of nitrogens with zero attached hydrogens (tertiary/aromatic N) is 3. The first kappa shape index (κ1) is 17.5. The molecule has 2 N–H and O–H groups in total. The highest BCUT2D eigenvalue weighted by molar-refractivity contribution is 5.94. The number of carbonyl (C=O) groups excluding carboxylic acids is 2. The van der Waals surface area contributed by atoms with Crippen LogP contribution in [0.4, 0.5) is 5.82 Å². The minimum absolute atomic E-state index is 0.0241. The van der Waals surface area contributed by atoms with Crippen molar-refractivity contribution in [2.75, 3.05) is 25.9 Å². The Hall–Kier alpha value is -2.89. The number of carbonyl (C=O) groups is 2. The lowest BCUT2D eigenvalue weighted by Crippen LogP contribution is -2.52. The van der Waals surface area contributed by atoms with Gasteiger partial charge in [0.05, 0.1) is 11.5 Å². The van der Waals surface area contributed by atoms with Crippen LogP contribution >= 0.6 is 0 Å². The molecule has 140 valence electrons. The number of aromatic nitrogens is 1. The molecule has 6 nitrogen and oxygen atoms in total. The summed E-state index contributed by atoms with van der Waals surface area (Å²) in [6.45, 7) is 1.28. The number of piperidine rings is 1. The van der Waals surface area contributed by atoms with Gasteiger partial charge in [-0.3, -0.25) is 9.59 Å². The molecule has 1 aromatic carbocycles. The average molecular weight is 364 g/mol. The highest BCUT2D eigenvalue weighted by Gasteiger charge is 2.50. The van der Waals surface area contributed by atoms with Crippen LogP contribution in [0.2, 0.25) is 0 Å². The van der Waals surface area contributed by atoms with Gasteiger partial charge in [0.1, 0.15) is 5.82 Å². The van der Waals surface area contributed by atoms with Crippen LogP contribution in [0.25, 0.3) is 0 Å². The number of benzene rings is 1. The zero-order valence-corrected chi connectivity index (χ0v) is 15.5. The van der Waals surface area contributed by atoms with Gasteiger partial charge in [-0.25, -0.2) is 4.98 Å². The van der Waals surface area contributed by atoms with E-state index in [2.05, 4.69) is 4.98 Å². The Balaban J connectivity index is 1.47. The molecule has 1 aromatic heterocycles. The second-order valence-corrected chi connectivity index (χ2v) is 7.55. The molecule has 2 aliphatic rings. The summed E-state index contributed by atoms with van der Waals surface area (Å²) in [5, 5.41) is 0. The molecule has 2 aliphatic heterocycles. The van der Waals surface area contributed by atoms with E-state index in [9.17, 15) is 9.59 Å². The fraction of sp³-hybridized carbons (Fsp3) is 0.381. The zero-order chi connectivity index (χ0) is 19.0. The van der Waals surface area contributed by atoms with E-state index in [-0.39, 0.29) is 23.3 Å². The third-order valence-electron chi connectivity index (χ3n) is 6.14. The Bertz CT molecular complexity index is 842. The van der Waals surface area contributed by atoms with Gasteiger partial charge in [-0.05, 0) is 37.0 Å². The second-order valence-electron chi connectivity index (χ2n) is 7.55. The average Bonchev–Trinajstić information content (AvgIpc) is 2.95. The molecule has 4 rings (SSSR count). The number of nitrogens with two attached hydrogens (primary N) is 1. The van der Waals surface area contributed by atoms with Crippen LogP contribution < -0.4 is 5.73 Å². The first-order chi connectivity index (χ1) is 13.0. The summed E-state index contributed by atoms with van der Waals surface area (Å²) in [4.78, 5) is 33.4. The van der Waals surface area contributed by atoms with Crippen molar-refractivity contribution in [2.24, 2.45) is 0 Å². The van der Waals surface area contributed by atoms with E-state index in [1.54, 1.807) is 12.1 Å². The third-order valence-corrected chi connectivity index (χ3v) is 6.14. The number of amides is 2. The molecule has 6 heteroatoms. The van der Waals surface area contributed by atoms with Gasteiger partial charge in [-0.1, -0.05) is 30.3 Å². The van der Waals surface area contributed by atoms with Crippen molar-refractivity contribution in [3.63, 3.8) is 0 Å². The van der Waals surface area contributed by atoms with Crippen molar-refractivity contribution < 1.29 is 9.59 Å². The van der Waals surface area contributed by atoms with Crippen LogP contribution in [0.5, 0.6) is 0 Å². The van der Waals surface area contributed by atoms with Gasteiger partial charge >= 0.3 is 0 Å². The van der Waals surface area contributed by atoms with Crippen LogP contribution in [0.1, 0.15) is 41.1 Å². The quantitative estimate of drug-likeness (QED) is 0.887. The smallest absolute Gasteiger partial charge is 0.255 e. The lowest BCUT2D eigenvalue weighted by Gasteiger charge is -2.43. The molecule has 3 heterocycles. The number of rotatable bonds is 2. The van der Waals surface area contributed by atoms with Crippen molar-refractivity contribution in [3.05, 3.63) is 59.8 Å². The van der Waals surface area contributed by atoms with Crippen molar-refractivity contribution in [1.82, 2.24) is 14.8 Å². The predicted octanol–water partition coefficient (Wildman–Crippen LogP) is 2.28. The standard InChI is InChI=1S/C21H24N4O2/c1-24-20(27)17(15-5-3-2-4-6-15)13-21(24)9-11-25(12-10-21)19(26)16-7-8-18(22)23-14-16/h2-8,14,17H,9-13H2,1H3,(H2,22,23)/t17-/m0/s1. The van der Waals surface area contributed by atoms with Gasteiger partial charge in [0.2, 0.25) is 5.91 Å². The van der Waals surface area contributed by atoms with Gasteiger partial charge in [0, 0.05) is 31.9 Å². The highest BCUT2D eigenvalue weighted by atomic mass is 16.2. The molecule has 0 saturated carbocycles. The van der Waals surface area contributed by atoms with Gasteiger partial charge < -0.3 is 15.5 Å². The first-order valence-electron chi connectivity index (χ1n) is 9.34. The normalized spacial score (nSPS) is 21.7. The highest BCUT2D eigenvalue weighted by Crippen LogP contribution is 2.44. The maximum Gasteiger partial charge on any atom is 0.255 e. The summed E-state index contributed by atoms with van der Waals surface area (Å²) in [5.74, 6) is 0.481. The van der Waals surface area contributed by atoms with Gasteiger partial charge in [0.25, 0.3) is 5.91 Å². The lowest BCUT2D eigenvalue weighted by molar-refractivity contribution is -0.131. The number of pyridine rings is 1. The van der Waals surface area contributed by atoms with E-state index < -0.39 is 0 Å². The fourth-order valence-electron chi connectivity index (χ4n) is 4.40. The van der Waals surface area contributed by atoms with Gasteiger partial charge in [-0.15, -0.1) is 0 Å². The zero-order valence-electron chi connectivity index (χ0n) is 15.5. The number of hydrogen-bond donors (Lipinski definition) is 1. The van der Waals surface area contributed by atoms with E-state index in [0.717, 1.165) is 24.8 Å². The molecular formula is C21H24N4O2. The van der Waals surface area contributed by atoms with Gasteiger partial charge in [0.15, 0.2) is 0 Å². The number of likely N-dealkylation sites (N-methyl/N-ethyl adjacent to an activating group) is 1. The van der Waals surface area contributed by atoms with Crippen LogP contribution in [-0.2, 0) is 4.79 Å². The Morgan fingerprint density at radius 1 is 1.15 bits per heavy atom. The van der Waals surface area contributed by atoms with Crippen molar-refractivity contribution >= 4 is 17.6 Å². The summed E-state index contributed by atoms with van der Waals surface area (Å²) in [7, 11) is 1.91. The molecular weight excluding hydrogens is 340 g/mol. The van der Waals surface area contributed by atoms with Gasteiger partial charge in [-0.2, -0.15) is 0 Å². The van der Waals surface area contributed by atoms with Crippen molar-refractivity contribution in [3.8, 4) is 0 Å². The van der Waals surface area contributed by atoms with E-state index in [0.29, 0.717) is 24.5 Å². The third kappa shape index (κ3) is 3.05. The molecule has 0 aliphatic carbocycles. The maximum atomic E-state index is 12.9. The molecule has 1 spiro atoms. The Morgan fingerprint density at radius 2 is 1.85 bits per heavy atom. The van der Waals surface area contributed by atoms with Crippen LogP contribution in [0, 0.1) is 0 Å². The van der Waals surface area contributed by atoms with E-state index in [1.807, 2.05) is 47.2 Å². The van der Waals surface area contributed by atoms with Crippen LogP contribution in [-0.4, -0.2) is 52.3 Å². The SMILES string of the molecule is CN1C(=O)[C@H](c2ccccc2)CC12CCN(C(=O)c1ccc(N)nc1)CC2. The van der Waals surface area contributed by atoms with E-state index >= 15 is 0 Å². The molecule has 0 bridgehead atoms. The summed E-state index contributed by atoms with van der Waals surface area (Å²) in [5.41, 5.74) is 7.08. The van der Waals surface area contributed by atoms with E-state index in [4.69, 9.17) is 5.73 Å². The van der Waals surface area contributed by atoms with Crippen LogP contribution in [0.3, 0.4) is 0 Å². The summed E-state index contributed by atoms with van der Waals surface area (Å²) < 4.78 is 0. The molecule has 2 saturated heterocycles. The number of nitrogen functional groups attached to an aromatic ring is 1. The van der Waals surface area contributed by atoms with Crippen molar-refractivity contribution in [1.29, 1.82) is 0 Å². The molecule has 2 fully saturated rings. The summed E-state index contributed by atoms with van der Waals surface area (Å²) in [6, 6.07) is 13.4. The Morgan fingerprint density at radius 3 is 2.48 bits per heavy atom. The first-order valence-corrected chi connectivity index (χ1v) is 9.34. The molecule has 0 radical (unpaired) electrons. The van der Waals surface area contributed by atoms with Crippen LogP contribution in [0.15, 0.2) is 48.7 Å². The lowest BCUT2D eigenvalue weighted by atomic mass is 9.81. The largest absolute Gasteiger partial charge is 0.384 e. The maximum absolute atomic E-state index is 12.9. The number of anilines is 1. The molecule has 2 amide bonds. The fourth-order valence-corrected chi connectivity index (χ4v) is 4.40. The Kier molecular flexibility index (Phi) is 4.34. The monoisotopic (exact) mass is 364 g/mol.